The highest BCUT2D eigenvalue weighted by Crippen LogP contribution is 2.41. The highest BCUT2D eigenvalue weighted by Gasteiger charge is 2.26. The number of aryl methyl sites for hydroxylation is 1. The number of phenolic OH excluding ortho intramolecular Hbond substituents is 1. The molecule has 0 aliphatic carbocycles. The molecular weight excluding hydrogens is 294 g/mol. The predicted molar refractivity (Wildman–Crippen MR) is 93.4 cm³/mol. The number of aromatic nitrogens is 2. The molecule has 2 aromatic rings. The molecule has 1 heterocycles. The number of aromatic hydroxyl groups is 1. The van der Waals surface area contributed by atoms with Crippen molar-refractivity contribution in [2.75, 3.05) is 5.32 Å². The van der Waals surface area contributed by atoms with E-state index in [-0.39, 0.29) is 10.8 Å². The molecule has 0 fully saturated rings. The van der Waals surface area contributed by atoms with Crippen LogP contribution in [-0.4, -0.2) is 15.3 Å². The number of benzene rings is 1. The molecule has 5 heteroatoms. The van der Waals surface area contributed by atoms with E-state index in [9.17, 15) is 5.11 Å². The smallest absolute Gasteiger partial charge is 0.210 e. The summed E-state index contributed by atoms with van der Waals surface area (Å²) < 4.78 is 0. The molecule has 2 rings (SSSR count). The first-order valence-corrected chi connectivity index (χ1v) is 8.25. The fourth-order valence-electron chi connectivity index (χ4n) is 2.32. The Kier molecular flexibility index (Phi) is 4.22. The average molecular weight is 319 g/mol. The van der Waals surface area contributed by atoms with E-state index < -0.39 is 0 Å². The highest BCUT2D eigenvalue weighted by atomic mass is 32.1. The van der Waals surface area contributed by atoms with Gasteiger partial charge in [-0.3, -0.25) is 0 Å². The molecule has 120 valence electrons. The molecule has 0 unspecified atom stereocenters. The molecule has 0 aliphatic heterocycles. The van der Waals surface area contributed by atoms with Gasteiger partial charge in [0.25, 0.3) is 0 Å². The van der Waals surface area contributed by atoms with Crippen LogP contribution in [0.5, 0.6) is 5.75 Å². The normalized spacial score (nSPS) is 12.5. The third kappa shape index (κ3) is 3.58. The van der Waals surface area contributed by atoms with Crippen molar-refractivity contribution in [1.82, 2.24) is 10.2 Å². The molecule has 0 amide bonds. The standard InChI is InChI=1S/C17H25N3OS/c1-10-19-20-15(22-10)18-11-8-12(16(2,3)4)14(21)13(9-11)17(5,6)7/h8-9,21H,1-7H3,(H,18,20). The molecule has 0 spiro atoms. The molecular formula is C17H25N3OS. The lowest BCUT2D eigenvalue weighted by atomic mass is 9.79. The maximum Gasteiger partial charge on any atom is 0.210 e. The molecule has 4 nitrogen and oxygen atoms in total. The summed E-state index contributed by atoms with van der Waals surface area (Å²) in [5.74, 6) is 0.388. The van der Waals surface area contributed by atoms with Crippen LogP contribution in [0.1, 0.15) is 57.7 Å². The van der Waals surface area contributed by atoms with Gasteiger partial charge in [-0.1, -0.05) is 52.9 Å². The summed E-state index contributed by atoms with van der Waals surface area (Å²) in [7, 11) is 0. The monoisotopic (exact) mass is 319 g/mol. The van der Waals surface area contributed by atoms with Crippen LogP contribution >= 0.6 is 11.3 Å². The van der Waals surface area contributed by atoms with Gasteiger partial charge in [-0.25, -0.2) is 0 Å². The molecule has 0 radical (unpaired) electrons. The first-order chi connectivity index (χ1) is 9.98. The number of phenols is 1. The van der Waals surface area contributed by atoms with Gasteiger partial charge >= 0.3 is 0 Å². The molecule has 1 aromatic carbocycles. The summed E-state index contributed by atoms with van der Waals surface area (Å²) in [6.45, 7) is 14.6. The van der Waals surface area contributed by atoms with Crippen LogP contribution in [0.15, 0.2) is 12.1 Å². The molecule has 0 bridgehead atoms. The van der Waals surface area contributed by atoms with Crippen molar-refractivity contribution in [3.05, 3.63) is 28.3 Å². The van der Waals surface area contributed by atoms with Crippen molar-refractivity contribution in [1.29, 1.82) is 0 Å². The number of anilines is 2. The summed E-state index contributed by atoms with van der Waals surface area (Å²) in [4.78, 5) is 0. The van der Waals surface area contributed by atoms with Crippen LogP contribution < -0.4 is 5.32 Å². The van der Waals surface area contributed by atoms with Crippen LogP contribution in [0.25, 0.3) is 0 Å². The van der Waals surface area contributed by atoms with Crippen LogP contribution in [0.4, 0.5) is 10.8 Å². The van der Waals surface area contributed by atoms with Crippen molar-refractivity contribution in [2.45, 2.75) is 59.3 Å². The van der Waals surface area contributed by atoms with Crippen molar-refractivity contribution in [2.24, 2.45) is 0 Å². The Morgan fingerprint density at radius 1 is 0.955 bits per heavy atom. The Hall–Kier alpha value is -1.62. The topological polar surface area (TPSA) is 58.0 Å². The van der Waals surface area contributed by atoms with E-state index >= 15 is 0 Å². The highest BCUT2D eigenvalue weighted by molar-refractivity contribution is 7.15. The summed E-state index contributed by atoms with van der Waals surface area (Å²) in [5, 5.41) is 23.8. The van der Waals surface area contributed by atoms with Crippen LogP contribution in [0.2, 0.25) is 0 Å². The van der Waals surface area contributed by atoms with Gasteiger partial charge in [0.1, 0.15) is 10.8 Å². The molecule has 0 atom stereocenters. The van der Waals surface area contributed by atoms with E-state index in [2.05, 4.69) is 57.1 Å². The third-order valence-corrected chi connectivity index (χ3v) is 4.26. The minimum atomic E-state index is -0.140. The fourth-order valence-corrected chi connectivity index (χ4v) is 2.93. The second kappa shape index (κ2) is 5.54. The van der Waals surface area contributed by atoms with Crippen LogP contribution in [0, 0.1) is 6.92 Å². The molecule has 0 saturated heterocycles. The molecule has 1 aromatic heterocycles. The Bertz CT molecular complexity index is 643. The maximum absolute atomic E-state index is 10.7. The van der Waals surface area contributed by atoms with E-state index in [4.69, 9.17) is 0 Å². The second-order valence-corrected chi connectivity index (χ2v) is 8.85. The summed E-state index contributed by atoms with van der Waals surface area (Å²) in [5.41, 5.74) is 2.52. The minimum absolute atomic E-state index is 0.140. The predicted octanol–water partition coefficient (Wildman–Crippen LogP) is 4.89. The Morgan fingerprint density at radius 3 is 1.82 bits per heavy atom. The lowest BCUT2D eigenvalue weighted by Crippen LogP contribution is -2.17. The maximum atomic E-state index is 10.7. The molecule has 0 saturated carbocycles. The first-order valence-electron chi connectivity index (χ1n) is 7.43. The van der Waals surface area contributed by atoms with E-state index in [0.29, 0.717) is 5.75 Å². The number of hydrogen-bond donors (Lipinski definition) is 2. The summed E-state index contributed by atoms with van der Waals surface area (Å²) >= 11 is 1.52. The number of hydrogen-bond acceptors (Lipinski definition) is 5. The van der Waals surface area contributed by atoms with E-state index in [1.807, 2.05) is 19.1 Å². The minimum Gasteiger partial charge on any atom is -0.507 e. The molecule has 0 aliphatic rings. The van der Waals surface area contributed by atoms with Crippen LogP contribution in [-0.2, 0) is 10.8 Å². The number of nitrogens with zero attached hydrogens (tertiary/aromatic N) is 2. The molecule has 2 N–H and O–H groups in total. The van der Waals surface area contributed by atoms with Crippen molar-refractivity contribution in [3.63, 3.8) is 0 Å². The van der Waals surface area contributed by atoms with Gasteiger partial charge in [0.05, 0.1) is 0 Å². The van der Waals surface area contributed by atoms with Crippen molar-refractivity contribution < 1.29 is 5.11 Å². The van der Waals surface area contributed by atoms with E-state index in [0.717, 1.165) is 27.0 Å². The second-order valence-electron chi connectivity index (χ2n) is 7.67. The Morgan fingerprint density at radius 2 is 1.45 bits per heavy atom. The lowest BCUT2D eigenvalue weighted by Gasteiger charge is -2.28. The lowest BCUT2D eigenvalue weighted by molar-refractivity contribution is 0.423. The zero-order chi connectivity index (χ0) is 16.7. The average Bonchev–Trinajstić information content (AvgIpc) is 2.74. The van der Waals surface area contributed by atoms with Gasteiger partial charge in [0, 0.05) is 16.8 Å². The molecule has 22 heavy (non-hydrogen) atoms. The van der Waals surface area contributed by atoms with Gasteiger partial charge in [-0.2, -0.15) is 0 Å². The number of rotatable bonds is 2. The van der Waals surface area contributed by atoms with E-state index in [1.54, 1.807) is 0 Å². The fraction of sp³-hybridized carbons (Fsp3) is 0.529. The van der Waals surface area contributed by atoms with Gasteiger partial charge in [0.15, 0.2) is 0 Å². The largest absolute Gasteiger partial charge is 0.507 e. The zero-order valence-electron chi connectivity index (χ0n) is 14.4. The van der Waals surface area contributed by atoms with Gasteiger partial charge in [-0.05, 0) is 29.9 Å². The summed E-state index contributed by atoms with van der Waals surface area (Å²) in [6, 6.07) is 4.00. The Balaban J connectivity index is 2.55. The Labute approximate surface area is 136 Å². The number of nitrogens with one attached hydrogen (secondary N) is 1. The van der Waals surface area contributed by atoms with Gasteiger partial charge in [-0.15, -0.1) is 10.2 Å². The summed E-state index contributed by atoms with van der Waals surface area (Å²) in [6.07, 6.45) is 0. The van der Waals surface area contributed by atoms with Crippen molar-refractivity contribution in [3.8, 4) is 5.75 Å². The van der Waals surface area contributed by atoms with Crippen molar-refractivity contribution >= 4 is 22.2 Å². The van der Waals surface area contributed by atoms with Gasteiger partial charge < -0.3 is 10.4 Å². The van der Waals surface area contributed by atoms with Crippen LogP contribution in [0.3, 0.4) is 0 Å². The van der Waals surface area contributed by atoms with E-state index in [1.165, 1.54) is 11.3 Å². The third-order valence-electron chi connectivity index (χ3n) is 3.50. The quantitative estimate of drug-likeness (QED) is 0.774. The van der Waals surface area contributed by atoms with Gasteiger partial charge in [0.2, 0.25) is 5.13 Å². The zero-order valence-corrected chi connectivity index (χ0v) is 15.2. The SMILES string of the molecule is Cc1nnc(Nc2cc(C(C)(C)C)c(O)c(C(C)(C)C)c2)s1. The first kappa shape index (κ1) is 16.7.